The first-order valence-corrected chi connectivity index (χ1v) is 6.47. The van der Waals surface area contributed by atoms with Crippen LogP contribution >= 0.6 is 0 Å². The Morgan fingerprint density at radius 2 is 1.71 bits per heavy atom. The molecule has 0 heterocycles. The zero-order chi connectivity index (χ0) is 12.9. The molecule has 0 bridgehead atoms. The van der Waals surface area contributed by atoms with Gasteiger partial charge in [-0.1, -0.05) is 36.2 Å². The number of aliphatic hydroxyl groups is 1. The molecule has 0 amide bonds. The van der Waals surface area contributed by atoms with Crippen LogP contribution in [0.4, 0.5) is 0 Å². The van der Waals surface area contributed by atoms with Crippen LogP contribution in [0.2, 0.25) is 0 Å². The summed E-state index contributed by atoms with van der Waals surface area (Å²) in [5, 5.41) is 13.8. The normalized spacial score (nSPS) is 14.6. The van der Waals surface area contributed by atoms with E-state index in [4.69, 9.17) is 0 Å². The third-order valence-electron chi connectivity index (χ3n) is 3.06. The van der Waals surface area contributed by atoms with Gasteiger partial charge in [0, 0.05) is 0 Å². The molecule has 0 saturated carbocycles. The maximum Gasteiger partial charge on any atom is 0.0880 e. The van der Waals surface area contributed by atoms with Crippen LogP contribution < -0.4 is 5.32 Å². The number of nitrogens with one attached hydrogen (secondary N) is 1. The molecule has 1 aromatic rings. The molecule has 0 aromatic heterocycles. The molecule has 96 valence electrons. The van der Waals surface area contributed by atoms with Crippen LogP contribution in [0.5, 0.6) is 0 Å². The largest absolute Gasteiger partial charge is 0.385 e. The summed E-state index contributed by atoms with van der Waals surface area (Å²) in [4.78, 5) is 0. The second-order valence-electron chi connectivity index (χ2n) is 5.15. The van der Waals surface area contributed by atoms with Crippen molar-refractivity contribution in [2.45, 2.75) is 46.1 Å². The van der Waals surface area contributed by atoms with Crippen LogP contribution in [0.15, 0.2) is 18.2 Å². The number of aryl methyl sites for hydroxylation is 2. The minimum atomic E-state index is -0.739. The fourth-order valence-corrected chi connectivity index (χ4v) is 2.06. The van der Waals surface area contributed by atoms with E-state index in [1.165, 1.54) is 11.1 Å². The van der Waals surface area contributed by atoms with Gasteiger partial charge in [0.25, 0.3) is 0 Å². The summed E-state index contributed by atoms with van der Waals surface area (Å²) >= 11 is 0. The number of rotatable bonds is 6. The Bertz CT molecular complexity index is 338. The molecule has 0 aliphatic rings. The quantitative estimate of drug-likeness (QED) is 0.743. The van der Waals surface area contributed by atoms with Crippen molar-refractivity contribution in [3.8, 4) is 0 Å². The van der Waals surface area contributed by atoms with Gasteiger partial charge < -0.3 is 10.4 Å². The second kappa shape index (κ2) is 6.18. The van der Waals surface area contributed by atoms with E-state index < -0.39 is 5.60 Å². The van der Waals surface area contributed by atoms with Gasteiger partial charge in [-0.05, 0) is 52.3 Å². The van der Waals surface area contributed by atoms with Crippen molar-refractivity contribution >= 4 is 0 Å². The predicted molar refractivity (Wildman–Crippen MR) is 73.3 cm³/mol. The monoisotopic (exact) mass is 235 g/mol. The molecule has 1 atom stereocenters. The van der Waals surface area contributed by atoms with Crippen molar-refractivity contribution in [2.24, 2.45) is 0 Å². The van der Waals surface area contributed by atoms with Crippen LogP contribution in [-0.4, -0.2) is 18.2 Å². The van der Waals surface area contributed by atoms with Crippen LogP contribution in [0.1, 0.15) is 43.4 Å². The van der Waals surface area contributed by atoms with Gasteiger partial charge in [0.2, 0.25) is 0 Å². The molecule has 1 aromatic carbocycles. The fraction of sp³-hybridized carbons (Fsp3) is 0.600. The van der Waals surface area contributed by atoms with Gasteiger partial charge in [-0.15, -0.1) is 0 Å². The highest BCUT2D eigenvalue weighted by Gasteiger charge is 2.22. The lowest BCUT2D eigenvalue weighted by atomic mass is 9.90. The highest BCUT2D eigenvalue weighted by Crippen LogP contribution is 2.25. The van der Waals surface area contributed by atoms with Gasteiger partial charge in [0.15, 0.2) is 0 Å². The van der Waals surface area contributed by atoms with E-state index in [-0.39, 0.29) is 0 Å². The molecule has 2 nitrogen and oxygen atoms in total. The van der Waals surface area contributed by atoms with Crippen molar-refractivity contribution in [3.05, 3.63) is 34.9 Å². The van der Waals surface area contributed by atoms with E-state index in [0.29, 0.717) is 0 Å². The van der Waals surface area contributed by atoms with Gasteiger partial charge >= 0.3 is 0 Å². The molecule has 0 spiro atoms. The SMILES string of the molecule is CCCNCCC(C)(O)c1cc(C)cc(C)c1. The Balaban J connectivity index is 2.67. The first kappa shape index (κ1) is 14.2. The second-order valence-corrected chi connectivity index (χ2v) is 5.15. The summed E-state index contributed by atoms with van der Waals surface area (Å²) in [6, 6.07) is 6.29. The molecule has 0 aliphatic heterocycles. The Morgan fingerprint density at radius 1 is 1.12 bits per heavy atom. The summed E-state index contributed by atoms with van der Waals surface area (Å²) < 4.78 is 0. The Labute approximate surface area is 105 Å². The molecule has 0 aliphatic carbocycles. The van der Waals surface area contributed by atoms with Crippen molar-refractivity contribution in [1.29, 1.82) is 0 Å². The smallest absolute Gasteiger partial charge is 0.0880 e. The van der Waals surface area contributed by atoms with E-state index in [1.54, 1.807) is 0 Å². The van der Waals surface area contributed by atoms with E-state index in [1.807, 2.05) is 6.92 Å². The van der Waals surface area contributed by atoms with E-state index in [2.05, 4.69) is 44.3 Å². The minimum absolute atomic E-state index is 0.739. The standard InChI is InChI=1S/C15H25NO/c1-5-7-16-8-6-15(4,17)14-10-12(2)9-13(3)11-14/h9-11,16-17H,5-8H2,1-4H3. The molecule has 0 saturated heterocycles. The molecule has 1 unspecified atom stereocenters. The molecule has 0 radical (unpaired) electrons. The highest BCUT2D eigenvalue weighted by molar-refractivity contribution is 5.32. The lowest BCUT2D eigenvalue weighted by molar-refractivity contribution is 0.0479. The van der Waals surface area contributed by atoms with Crippen molar-refractivity contribution in [2.75, 3.05) is 13.1 Å². The zero-order valence-corrected chi connectivity index (χ0v) is 11.5. The molecule has 1 rings (SSSR count). The topological polar surface area (TPSA) is 32.3 Å². The van der Waals surface area contributed by atoms with Crippen molar-refractivity contribution < 1.29 is 5.11 Å². The van der Waals surface area contributed by atoms with Gasteiger partial charge in [-0.3, -0.25) is 0 Å². The molecule has 0 fully saturated rings. The Hall–Kier alpha value is -0.860. The lowest BCUT2D eigenvalue weighted by Crippen LogP contribution is -2.28. The van der Waals surface area contributed by atoms with Crippen molar-refractivity contribution in [1.82, 2.24) is 5.32 Å². The third kappa shape index (κ3) is 4.49. The maximum atomic E-state index is 10.5. The first-order chi connectivity index (χ1) is 7.95. The average Bonchev–Trinajstić information content (AvgIpc) is 2.23. The summed E-state index contributed by atoms with van der Waals surface area (Å²) in [5.74, 6) is 0. The zero-order valence-electron chi connectivity index (χ0n) is 11.5. The van der Waals surface area contributed by atoms with Gasteiger partial charge in [0.05, 0.1) is 5.60 Å². The number of hydrogen-bond acceptors (Lipinski definition) is 2. The fourth-order valence-electron chi connectivity index (χ4n) is 2.06. The van der Waals surface area contributed by atoms with E-state index in [9.17, 15) is 5.11 Å². The van der Waals surface area contributed by atoms with Crippen LogP contribution in [0.25, 0.3) is 0 Å². The van der Waals surface area contributed by atoms with Gasteiger partial charge in [0.1, 0.15) is 0 Å². The summed E-state index contributed by atoms with van der Waals surface area (Å²) in [5.41, 5.74) is 2.70. The van der Waals surface area contributed by atoms with Crippen LogP contribution in [0, 0.1) is 13.8 Å². The highest BCUT2D eigenvalue weighted by atomic mass is 16.3. The molecule has 2 heteroatoms. The Kier molecular flexibility index (Phi) is 5.16. The van der Waals surface area contributed by atoms with Gasteiger partial charge in [-0.25, -0.2) is 0 Å². The molecular weight excluding hydrogens is 210 g/mol. The van der Waals surface area contributed by atoms with E-state index in [0.717, 1.165) is 31.5 Å². The number of hydrogen-bond donors (Lipinski definition) is 2. The summed E-state index contributed by atoms with van der Waals surface area (Å²) in [7, 11) is 0. The molecule has 17 heavy (non-hydrogen) atoms. The predicted octanol–water partition coefficient (Wildman–Crippen LogP) is 2.90. The summed E-state index contributed by atoms with van der Waals surface area (Å²) in [6.07, 6.45) is 1.88. The maximum absolute atomic E-state index is 10.5. The number of benzene rings is 1. The Morgan fingerprint density at radius 3 is 2.24 bits per heavy atom. The first-order valence-electron chi connectivity index (χ1n) is 6.47. The molecular formula is C15H25NO. The van der Waals surface area contributed by atoms with Crippen LogP contribution in [-0.2, 0) is 5.60 Å². The average molecular weight is 235 g/mol. The third-order valence-corrected chi connectivity index (χ3v) is 3.06. The summed E-state index contributed by atoms with van der Waals surface area (Å²) in [6.45, 7) is 10.1. The van der Waals surface area contributed by atoms with Crippen LogP contribution in [0.3, 0.4) is 0 Å². The minimum Gasteiger partial charge on any atom is -0.385 e. The van der Waals surface area contributed by atoms with E-state index >= 15 is 0 Å². The molecule has 2 N–H and O–H groups in total. The van der Waals surface area contributed by atoms with Crippen molar-refractivity contribution in [3.63, 3.8) is 0 Å². The van der Waals surface area contributed by atoms with Gasteiger partial charge in [-0.2, -0.15) is 0 Å². The lowest BCUT2D eigenvalue weighted by Gasteiger charge is -2.25.